The van der Waals surface area contributed by atoms with Crippen LogP contribution in [0.1, 0.15) is 13.3 Å². The van der Waals surface area contributed by atoms with Crippen molar-refractivity contribution in [3.63, 3.8) is 0 Å². The van der Waals surface area contributed by atoms with Gasteiger partial charge in [0, 0.05) is 12.2 Å². The Kier molecular flexibility index (Phi) is 6.40. The fourth-order valence-electron chi connectivity index (χ4n) is 2.64. The summed E-state index contributed by atoms with van der Waals surface area (Å²) >= 11 is 1.18. The highest BCUT2D eigenvalue weighted by Crippen LogP contribution is 2.26. The second-order valence-electron chi connectivity index (χ2n) is 5.94. The third kappa shape index (κ3) is 4.56. The molecule has 0 aliphatic rings. The highest BCUT2D eigenvalue weighted by molar-refractivity contribution is 8.00. The summed E-state index contributed by atoms with van der Waals surface area (Å²) in [5.74, 6) is -0.237. The monoisotopic (exact) mass is 395 g/mol. The SMILES string of the molecule is C[C@@H](Sc1n[nH]c(-c2ccccc2F)n1)C(=O)N(CCC#N)c1ccccc1. The van der Waals surface area contributed by atoms with Gasteiger partial charge in [0.15, 0.2) is 5.82 Å². The van der Waals surface area contributed by atoms with Gasteiger partial charge in [0.2, 0.25) is 11.1 Å². The topological polar surface area (TPSA) is 85.7 Å². The number of benzene rings is 2. The van der Waals surface area contributed by atoms with E-state index in [1.54, 1.807) is 30.0 Å². The van der Waals surface area contributed by atoms with E-state index < -0.39 is 11.1 Å². The van der Waals surface area contributed by atoms with Gasteiger partial charge in [0.1, 0.15) is 5.82 Å². The Morgan fingerprint density at radius 3 is 2.68 bits per heavy atom. The van der Waals surface area contributed by atoms with Gasteiger partial charge in [-0.3, -0.25) is 9.89 Å². The second kappa shape index (κ2) is 9.15. The number of nitriles is 1. The van der Waals surface area contributed by atoms with Gasteiger partial charge in [-0.05, 0) is 31.2 Å². The van der Waals surface area contributed by atoms with Crippen molar-refractivity contribution in [2.75, 3.05) is 11.4 Å². The van der Waals surface area contributed by atoms with Crippen molar-refractivity contribution in [3.05, 3.63) is 60.4 Å². The molecule has 3 rings (SSSR count). The number of anilines is 1. The molecule has 1 heterocycles. The molecule has 0 radical (unpaired) electrons. The van der Waals surface area contributed by atoms with Crippen molar-refractivity contribution < 1.29 is 9.18 Å². The molecule has 0 unspecified atom stereocenters. The summed E-state index contributed by atoms with van der Waals surface area (Å²) in [6.07, 6.45) is 0.232. The number of aromatic amines is 1. The number of carbonyl (C=O) groups is 1. The summed E-state index contributed by atoms with van der Waals surface area (Å²) in [5.41, 5.74) is 1.05. The average Bonchev–Trinajstić information content (AvgIpc) is 3.17. The molecule has 0 aliphatic heterocycles. The number of hydrogen-bond donors (Lipinski definition) is 1. The van der Waals surface area contributed by atoms with Crippen molar-refractivity contribution in [2.24, 2.45) is 0 Å². The van der Waals surface area contributed by atoms with Crippen molar-refractivity contribution in [2.45, 2.75) is 23.8 Å². The van der Waals surface area contributed by atoms with E-state index >= 15 is 0 Å². The first-order chi connectivity index (χ1) is 13.6. The van der Waals surface area contributed by atoms with Crippen molar-refractivity contribution >= 4 is 23.4 Å². The zero-order valence-electron chi connectivity index (χ0n) is 15.2. The minimum atomic E-state index is -0.483. The molecule has 1 atom stereocenters. The number of para-hydroxylation sites is 1. The minimum absolute atomic E-state index is 0.149. The minimum Gasteiger partial charge on any atom is -0.310 e. The lowest BCUT2D eigenvalue weighted by Gasteiger charge is -2.24. The number of nitrogens with one attached hydrogen (secondary N) is 1. The Labute approximate surface area is 166 Å². The molecule has 142 valence electrons. The van der Waals surface area contributed by atoms with Crippen molar-refractivity contribution in [1.82, 2.24) is 15.2 Å². The lowest BCUT2D eigenvalue weighted by Crippen LogP contribution is -2.37. The third-order valence-electron chi connectivity index (χ3n) is 4.00. The van der Waals surface area contributed by atoms with E-state index in [0.717, 1.165) is 5.69 Å². The first-order valence-corrected chi connectivity index (χ1v) is 9.55. The number of carbonyl (C=O) groups excluding carboxylic acids is 1. The summed E-state index contributed by atoms with van der Waals surface area (Å²) in [4.78, 5) is 18.8. The van der Waals surface area contributed by atoms with Gasteiger partial charge in [-0.1, -0.05) is 42.1 Å². The van der Waals surface area contributed by atoms with Crippen LogP contribution in [0.2, 0.25) is 0 Å². The maximum atomic E-state index is 13.9. The lowest BCUT2D eigenvalue weighted by atomic mass is 10.2. The van der Waals surface area contributed by atoms with Crippen LogP contribution in [0.5, 0.6) is 0 Å². The number of H-pyrrole nitrogens is 1. The van der Waals surface area contributed by atoms with Crippen molar-refractivity contribution in [3.8, 4) is 17.5 Å². The first kappa shape index (κ1) is 19.6. The quantitative estimate of drug-likeness (QED) is 0.610. The van der Waals surface area contributed by atoms with Crippen LogP contribution in [0.15, 0.2) is 59.8 Å². The molecule has 1 amide bonds. The van der Waals surface area contributed by atoms with Gasteiger partial charge >= 0.3 is 0 Å². The molecule has 0 saturated carbocycles. The largest absolute Gasteiger partial charge is 0.310 e. The fraction of sp³-hybridized carbons (Fsp3) is 0.200. The first-order valence-electron chi connectivity index (χ1n) is 8.67. The summed E-state index contributed by atoms with van der Waals surface area (Å²) in [6, 6.07) is 17.6. The van der Waals surface area contributed by atoms with Gasteiger partial charge in [0.05, 0.1) is 23.3 Å². The second-order valence-corrected chi connectivity index (χ2v) is 7.25. The average molecular weight is 395 g/mol. The molecule has 1 N–H and O–H groups in total. The number of halogens is 1. The molecule has 0 saturated heterocycles. The molecule has 3 aromatic rings. The summed E-state index contributed by atoms with van der Waals surface area (Å²) in [5, 5.41) is 15.6. The number of nitrogens with zero attached hydrogens (tertiary/aromatic N) is 4. The van der Waals surface area contributed by atoms with Crippen molar-refractivity contribution in [1.29, 1.82) is 5.26 Å². The van der Waals surface area contributed by atoms with E-state index in [-0.39, 0.29) is 12.3 Å². The Balaban J connectivity index is 1.74. The lowest BCUT2D eigenvalue weighted by molar-refractivity contribution is -0.117. The molecule has 0 spiro atoms. The zero-order valence-corrected chi connectivity index (χ0v) is 16.0. The zero-order chi connectivity index (χ0) is 19.9. The summed E-state index contributed by atoms with van der Waals surface area (Å²) < 4.78 is 13.9. The van der Waals surface area contributed by atoms with Crippen LogP contribution in [0.3, 0.4) is 0 Å². The van der Waals surface area contributed by atoms with Crippen LogP contribution in [0.25, 0.3) is 11.4 Å². The smallest absolute Gasteiger partial charge is 0.240 e. The molecule has 8 heteroatoms. The number of amides is 1. The normalized spacial score (nSPS) is 11.6. The Hall–Kier alpha value is -3.18. The molecule has 1 aromatic heterocycles. The Morgan fingerprint density at radius 1 is 1.25 bits per heavy atom. The van der Waals surface area contributed by atoms with Crippen LogP contribution in [-0.4, -0.2) is 32.9 Å². The van der Waals surface area contributed by atoms with E-state index in [9.17, 15) is 9.18 Å². The Bertz CT molecular complexity index is 986. The van der Waals surface area contributed by atoms with Crippen LogP contribution in [0, 0.1) is 17.1 Å². The maximum absolute atomic E-state index is 13.9. The predicted molar refractivity (Wildman–Crippen MR) is 106 cm³/mol. The van der Waals surface area contributed by atoms with E-state index in [2.05, 4.69) is 21.3 Å². The van der Waals surface area contributed by atoms with E-state index in [1.807, 2.05) is 30.3 Å². The maximum Gasteiger partial charge on any atom is 0.240 e. The van der Waals surface area contributed by atoms with Gasteiger partial charge in [-0.2, -0.15) is 5.26 Å². The molecule has 0 aliphatic carbocycles. The summed E-state index contributed by atoms with van der Waals surface area (Å²) in [7, 11) is 0. The standard InChI is InChI=1S/C20H18FN5OS/c1-14(19(27)26(13-7-12-22)15-8-3-2-4-9-15)28-20-23-18(24-25-20)16-10-5-6-11-17(16)21/h2-6,8-11,14H,7,13H2,1H3,(H,23,24,25)/t14-/m1/s1. The fourth-order valence-corrected chi connectivity index (χ4v) is 3.42. The number of aromatic nitrogens is 3. The number of rotatable bonds is 7. The molecule has 0 fully saturated rings. The Morgan fingerprint density at radius 2 is 1.96 bits per heavy atom. The van der Waals surface area contributed by atoms with Crippen LogP contribution in [-0.2, 0) is 4.79 Å². The van der Waals surface area contributed by atoms with E-state index in [0.29, 0.717) is 23.1 Å². The molecule has 0 bridgehead atoms. The van der Waals surface area contributed by atoms with Crippen LogP contribution >= 0.6 is 11.8 Å². The van der Waals surface area contributed by atoms with Gasteiger partial charge < -0.3 is 4.90 Å². The highest BCUT2D eigenvalue weighted by atomic mass is 32.2. The van der Waals surface area contributed by atoms with Gasteiger partial charge in [-0.15, -0.1) is 5.10 Å². The van der Waals surface area contributed by atoms with E-state index in [1.165, 1.54) is 17.8 Å². The highest BCUT2D eigenvalue weighted by Gasteiger charge is 2.24. The molecular weight excluding hydrogens is 377 g/mol. The third-order valence-corrected chi connectivity index (χ3v) is 4.95. The van der Waals surface area contributed by atoms with Crippen LogP contribution in [0.4, 0.5) is 10.1 Å². The summed E-state index contributed by atoms with van der Waals surface area (Å²) in [6.45, 7) is 2.06. The molecular formula is C20H18FN5OS. The molecule has 6 nitrogen and oxygen atoms in total. The number of thioether (sulfide) groups is 1. The molecule has 2 aromatic carbocycles. The van der Waals surface area contributed by atoms with Crippen LogP contribution < -0.4 is 4.90 Å². The van der Waals surface area contributed by atoms with Gasteiger partial charge in [-0.25, -0.2) is 9.37 Å². The van der Waals surface area contributed by atoms with Gasteiger partial charge in [0.25, 0.3) is 0 Å². The number of hydrogen-bond acceptors (Lipinski definition) is 5. The predicted octanol–water partition coefficient (Wildman–Crippen LogP) is 4.04. The van der Waals surface area contributed by atoms with E-state index in [4.69, 9.17) is 5.26 Å². The molecule has 28 heavy (non-hydrogen) atoms.